The van der Waals surface area contributed by atoms with Gasteiger partial charge in [0, 0.05) is 37.5 Å². The van der Waals surface area contributed by atoms with Gasteiger partial charge in [0.1, 0.15) is 0 Å². The number of carbonyl (C=O) groups excluding carboxylic acids is 1. The molecule has 24 heavy (non-hydrogen) atoms. The Labute approximate surface area is 142 Å². The standard InChI is InChI=1S/C19H23N3O2/c23-19(21-12-9-16-8-4-5-11-20-16)22-17-10-13-24-18(14-17)15-6-2-1-3-7-15/h1-8,11,17-18H,9-10,12-14H2,(H2,21,22,23)/t17-,18+/m1/s1. The van der Waals surface area contributed by atoms with Crippen molar-refractivity contribution in [2.24, 2.45) is 0 Å². The van der Waals surface area contributed by atoms with Crippen molar-refractivity contribution in [3.8, 4) is 0 Å². The fourth-order valence-electron chi connectivity index (χ4n) is 2.91. The minimum Gasteiger partial charge on any atom is -0.373 e. The Balaban J connectivity index is 1.42. The number of hydrogen-bond donors (Lipinski definition) is 2. The summed E-state index contributed by atoms with van der Waals surface area (Å²) in [4.78, 5) is 16.3. The molecule has 2 N–H and O–H groups in total. The van der Waals surface area contributed by atoms with Gasteiger partial charge in [-0.15, -0.1) is 0 Å². The largest absolute Gasteiger partial charge is 0.373 e. The number of amides is 2. The van der Waals surface area contributed by atoms with Crippen LogP contribution in [-0.4, -0.2) is 30.2 Å². The Bertz CT molecular complexity index is 634. The monoisotopic (exact) mass is 325 g/mol. The Morgan fingerprint density at radius 1 is 1.17 bits per heavy atom. The normalized spacial score (nSPS) is 20.3. The molecule has 5 nitrogen and oxygen atoms in total. The van der Waals surface area contributed by atoms with Crippen molar-refractivity contribution in [1.82, 2.24) is 15.6 Å². The highest BCUT2D eigenvalue weighted by Crippen LogP contribution is 2.27. The van der Waals surface area contributed by atoms with E-state index in [9.17, 15) is 4.79 Å². The van der Waals surface area contributed by atoms with Crippen LogP contribution in [0.2, 0.25) is 0 Å². The minimum absolute atomic E-state index is 0.0544. The molecule has 2 aromatic rings. The van der Waals surface area contributed by atoms with E-state index >= 15 is 0 Å². The van der Waals surface area contributed by atoms with Crippen LogP contribution in [0.25, 0.3) is 0 Å². The van der Waals surface area contributed by atoms with Gasteiger partial charge < -0.3 is 15.4 Å². The molecule has 1 saturated heterocycles. The number of nitrogens with zero attached hydrogens (tertiary/aromatic N) is 1. The van der Waals surface area contributed by atoms with Gasteiger partial charge in [-0.1, -0.05) is 36.4 Å². The van der Waals surface area contributed by atoms with E-state index in [1.807, 2.05) is 36.4 Å². The van der Waals surface area contributed by atoms with Gasteiger partial charge in [0.15, 0.2) is 0 Å². The molecule has 3 rings (SSSR count). The zero-order valence-electron chi connectivity index (χ0n) is 13.7. The third kappa shape index (κ3) is 4.80. The van der Waals surface area contributed by atoms with E-state index in [0.717, 1.165) is 25.0 Å². The Morgan fingerprint density at radius 3 is 2.79 bits per heavy atom. The minimum atomic E-state index is -0.121. The van der Waals surface area contributed by atoms with Crippen LogP contribution in [0, 0.1) is 0 Å². The van der Waals surface area contributed by atoms with Gasteiger partial charge in [-0.2, -0.15) is 0 Å². The van der Waals surface area contributed by atoms with E-state index in [1.54, 1.807) is 6.20 Å². The van der Waals surface area contributed by atoms with Gasteiger partial charge >= 0.3 is 6.03 Å². The first-order chi connectivity index (χ1) is 11.8. The topological polar surface area (TPSA) is 63.2 Å². The number of hydrogen-bond acceptors (Lipinski definition) is 3. The summed E-state index contributed by atoms with van der Waals surface area (Å²) in [5.41, 5.74) is 2.15. The Hall–Kier alpha value is -2.40. The van der Waals surface area contributed by atoms with E-state index in [0.29, 0.717) is 13.2 Å². The molecule has 0 bridgehead atoms. The molecular formula is C19H23N3O2. The molecule has 0 unspecified atom stereocenters. The SMILES string of the molecule is O=C(NCCc1ccccn1)N[C@@H]1CCO[C@H](c2ccccc2)C1. The molecule has 5 heteroatoms. The second kappa shape index (κ2) is 8.45. The summed E-state index contributed by atoms with van der Waals surface area (Å²) in [5.74, 6) is 0. The number of benzene rings is 1. The Morgan fingerprint density at radius 2 is 2.00 bits per heavy atom. The molecule has 1 aromatic carbocycles. The molecule has 126 valence electrons. The van der Waals surface area contributed by atoms with Crippen molar-refractivity contribution >= 4 is 6.03 Å². The summed E-state index contributed by atoms with van der Waals surface area (Å²) in [6.45, 7) is 1.24. The molecule has 0 saturated carbocycles. The molecule has 1 fully saturated rings. The van der Waals surface area contributed by atoms with Gasteiger partial charge in [0.2, 0.25) is 0 Å². The van der Waals surface area contributed by atoms with Gasteiger partial charge in [-0.25, -0.2) is 4.79 Å². The zero-order chi connectivity index (χ0) is 16.6. The average Bonchev–Trinajstić information content (AvgIpc) is 2.63. The van der Waals surface area contributed by atoms with Gasteiger partial charge in [0.25, 0.3) is 0 Å². The lowest BCUT2D eigenvalue weighted by atomic mass is 9.97. The number of ether oxygens (including phenoxy) is 1. The molecule has 1 aromatic heterocycles. The molecule has 1 aliphatic heterocycles. The lowest BCUT2D eigenvalue weighted by Gasteiger charge is -2.30. The van der Waals surface area contributed by atoms with Crippen LogP contribution in [0.5, 0.6) is 0 Å². The number of rotatable bonds is 5. The molecule has 0 radical (unpaired) electrons. The number of urea groups is 1. The van der Waals surface area contributed by atoms with E-state index in [1.165, 1.54) is 5.56 Å². The van der Waals surface area contributed by atoms with Crippen molar-refractivity contribution in [3.05, 3.63) is 66.0 Å². The lowest BCUT2D eigenvalue weighted by Crippen LogP contribution is -2.45. The first-order valence-corrected chi connectivity index (χ1v) is 8.42. The molecule has 2 heterocycles. The van der Waals surface area contributed by atoms with Gasteiger partial charge in [-0.05, 0) is 30.5 Å². The molecule has 2 atom stereocenters. The van der Waals surface area contributed by atoms with Crippen LogP contribution in [0.15, 0.2) is 54.7 Å². The average molecular weight is 325 g/mol. The molecule has 0 spiro atoms. The van der Waals surface area contributed by atoms with Crippen molar-refractivity contribution in [3.63, 3.8) is 0 Å². The highest BCUT2D eigenvalue weighted by atomic mass is 16.5. The molecule has 1 aliphatic rings. The molecule has 0 aliphatic carbocycles. The van der Waals surface area contributed by atoms with E-state index in [-0.39, 0.29) is 18.2 Å². The van der Waals surface area contributed by atoms with Crippen molar-refractivity contribution in [2.45, 2.75) is 31.4 Å². The number of aromatic nitrogens is 1. The predicted octanol–water partition coefficient (Wildman–Crippen LogP) is 2.84. The van der Waals surface area contributed by atoms with Gasteiger partial charge in [-0.3, -0.25) is 4.98 Å². The third-order valence-corrected chi connectivity index (χ3v) is 4.18. The summed E-state index contributed by atoms with van der Waals surface area (Å²) in [7, 11) is 0. The fraction of sp³-hybridized carbons (Fsp3) is 0.368. The van der Waals surface area contributed by atoms with Crippen molar-refractivity contribution in [1.29, 1.82) is 0 Å². The summed E-state index contributed by atoms with van der Waals surface area (Å²) < 4.78 is 5.83. The summed E-state index contributed by atoms with van der Waals surface area (Å²) in [5, 5.41) is 5.96. The van der Waals surface area contributed by atoms with E-state index in [4.69, 9.17) is 4.74 Å². The first-order valence-electron chi connectivity index (χ1n) is 8.42. The van der Waals surface area contributed by atoms with Crippen LogP contribution in [0.4, 0.5) is 4.79 Å². The van der Waals surface area contributed by atoms with Crippen LogP contribution >= 0.6 is 0 Å². The number of carbonyl (C=O) groups is 1. The van der Waals surface area contributed by atoms with Crippen LogP contribution in [-0.2, 0) is 11.2 Å². The second-order valence-corrected chi connectivity index (χ2v) is 5.96. The Kier molecular flexibility index (Phi) is 5.80. The van der Waals surface area contributed by atoms with E-state index < -0.39 is 0 Å². The second-order valence-electron chi connectivity index (χ2n) is 5.96. The number of pyridine rings is 1. The van der Waals surface area contributed by atoms with Crippen LogP contribution in [0.1, 0.15) is 30.2 Å². The van der Waals surface area contributed by atoms with Gasteiger partial charge in [0.05, 0.1) is 6.10 Å². The molecular weight excluding hydrogens is 302 g/mol. The first kappa shape index (κ1) is 16.5. The van der Waals surface area contributed by atoms with Crippen LogP contribution < -0.4 is 10.6 Å². The quantitative estimate of drug-likeness (QED) is 0.888. The summed E-state index contributed by atoms with van der Waals surface area (Å²) >= 11 is 0. The van der Waals surface area contributed by atoms with Crippen molar-refractivity contribution < 1.29 is 9.53 Å². The van der Waals surface area contributed by atoms with Crippen LogP contribution in [0.3, 0.4) is 0 Å². The highest BCUT2D eigenvalue weighted by Gasteiger charge is 2.24. The summed E-state index contributed by atoms with van der Waals surface area (Å²) in [6, 6.07) is 16.0. The summed E-state index contributed by atoms with van der Waals surface area (Å²) in [6.07, 6.45) is 4.20. The molecule has 2 amide bonds. The van der Waals surface area contributed by atoms with Crippen molar-refractivity contribution in [2.75, 3.05) is 13.2 Å². The predicted molar refractivity (Wildman–Crippen MR) is 92.6 cm³/mol. The zero-order valence-corrected chi connectivity index (χ0v) is 13.7. The maximum absolute atomic E-state index is 12.1. The highest BCUT2D eigenvalue weighted by molar-refractivity contribution is 5.74. The smallest absolute Gasteiger partial charge is 0.315 e. The third-order valence-electron chi connectivity index (χ3n) is 4.18. The lowest BCUT2D eigenvalue weighted by molar-refractivity contribution is 0.00227. The maximum Gasteiger partial charge on any atom is 0.315 e. The number of nitrogens with one attached hydrogen (secondary N) is 2. The fourth-order valence-corrected chi connectivity index (χ4v) is 2.91. The van der Waals surface area contributed by atoms with E-state index in [2.05, 4.69) is 27.8 Å². The maximum atomic E-state index is 12.1.